The van der Waals surface area contributed by atoms with Gasteiger partial charge in [-0.25, -0.2) is 0 Å². The normalized spacial score (nSPS) is 13.5. The molecular formula is C45H29BN4O. The fraction of sp³-hybridized carbons (Fsp3) is 0. The second-order valence-electron chi connectivity index (χ2n) is 13.2. The molecule has 51 heavy (non-hydrogen) atoms. The quantitative estimate of drug-likeness (QED) is 0.178. The lowest BCUT2D eigenvalue weighted by atomic mass is 9.33. The molecule has 5 nitrogen and oxygen atoms in total. The van der Waals surface area contributed by atoms with E-state index < -0.39 is 0 Å². The monoisotopic (exact) mass is 652 g/mol. The molecule has 0 radical (unpaired) electrons. The molecule has 0 unspecified atom stereocenters. The highest BCUT2D eigenvalue weighted by Gasteiger charge is 2.47. The van der Waals surface area contributed by atoms with Crippen LogP contribution in [0.4, 0.5) is 51.2 Å². The third-order valence-electron chi connectivity index (χ3n) is 10.4. The highest BCUT2D eigenvalue weighted by molar-refractivity contribution is 7.00. The molecule has 0 amide bonds. The Morgan fingerprint density at radius 3 is 1.78 bits per heavy atom. The Hall–Kier alpha value is -6.79. The zero-order chi connectivity index (χ0) is 33.5. The molecule has 0 aliphatic carbocycles. The number of hydrogen-bond donors (Lipinski definition) is 0. The van der Waals surface area contributed by atoms with Crippen LogP contribution in [0.1, 0.15) is 0 Å². The van der Waals surface area contributed by atoms with Crippen LogP contribution in [0.3, 0.4) is 0 Å². The Labute approximate surface area is 296 Å². The summed E-state index contributed by atoms with van der Waals surface area (Å²) in [6.07, 6.45) is 1.88. The van der Waals surface area contributed by atoms with Gasteiger partial charge in [-0.3, -0.25) is 4.98 Å². The van der Waals surface area contributed by atoms with Gasteiger partial charge in [0.05, 0.1) is 28.3 Å². The van der Waals surface area contributed by atoms with Gasteiger partial charge in [-0.15, -0.1) is 0 Å². The van der Waals surface area contributed by atoms with Crippen molar-refractivity contribution in [3.05, 3.63) is 176 Å². The molecule has 6 heteroatoms. The van der Waals surface area contributed by atoms with Crippen molar-refractivity contribution in [3.8, 4) is 11.5 Å². The van der Waals surface area contributed by atoms with E-state index in [2.05, 4.69) is 172 Å². The average Bonchev–Trinajstić information content (AvgIpc) is 3.20. The van der Waals surface area contributed by atoms with Crippen molar-refractivity contribution >= 4 is 85.2 Å². The van der Waals surface area contributed by atoms with Crippen LogP contribution in [0.2, 0.25) is 0 Å². The van der Waals surface area contributed by atoms with E-state index in [9.17, 15) is 0 Å². The van der Waals surface area contributed by atoms with Crippen LogP contribution in [0.25, 0.3) is 10.9 Å². The Bertz CT molecular complexity index is 2650. The molecular weight excluding hydrogens is 623 g/mol. The fourth-order valence-corrected chi connectivity index (χ4v) is 8.39. The number of ether oxygens (including phenoxy) is 1. The number of benzene rings is 7. The van der Waals surface area contributed by atoms with E-state index in [1.807, 2.05) is 18.3 Å². The zero-order valence-electron chi connectivity index (χ0n) is 27.5. The molecule has 0 N–H and O–H groups in total. The lowest BCUT2D eigenvalue weighted by Crippen LogP contribution is -2.61. The minimum atomic E-state index is -0.0129. The first-order valence-corrected chi connectivity index (χ1v) is 17.3. The van der Waals surface area contributed by atoms with Gasteiger partial charge in [0, 0.05) is 40.0 Å². The average molecular weight is 653 g/mol. The highest BCUT2D eigenvalue weighted by Crippen LogP contribution is 2.59. The van der Waals surface area contributed by atoms with Crippen molar-refractivity contribution in [2.75, 3.05) is 14.7 Å². The molecule has 0 spiro atoms. The lowest BCUT2D eigenvalue weighted by molar-refractivity contribution is 0.478. The SMILES string of the molecule is c1ccc(N2c3ccccc3B3c4ccccc4N(c4ccccc4)c4c5c(cc2c43)N(c2cccc3cccnc23)c2ccccc2O5)cc1. The van der Waals surface area contributed by atoms with Gasteiger partial charge in [0.2, 0.25) is 0 Å². The summed E-state index contributed by atoms with van der Waals surface area (Å²) >= 11 is 0. The number of pyridine rings is 1. The number of nitrogens with zero attached hydrogens (tertiary/aromatic N) is 4. The second-order valence-corrected chi connectivity index (χ2v) is 13.2. The van der Waals surface area contributed by atoms with E-state index >= 15 is 0 Å². The van der Waals surface area contributed by atoms with Crippen molar-refractivity contribution in [2.45, 2.75) is 0 Å². The first kappa shape index (κ1) is 28.1. The maximum absolute atomic E-state index is 7.19. The van der Waals surface area contributed by atoms with Gasteiger partial charge in [-0.1, -0.05) is 103 Å². The third kappa shape index (κ3) is 4.02. The van der Waals surface area contributed by atoms with Gasteiger partial charge < -0.3 is 19.4 Å². The molecule has 0 bridgehead atoms. The molecule has 0 atom stereocenters. The van der Waals surface area contributed by atoms with Crippen molar-refractivity contribution in [1.29, 1.82) is 0 Å². The summed E-state index contributed by atoms with van der Waals surface area (Å²) in [5.74, 6) is 1.62. The number of anilines is 9. The topological polar surface area (TPSA) is 31.8 Å². The maximum Gasteiger partial charge on any atom is 0.252 e. The van der Waals surface area contributed by atoms with Gasteiger partial charge in [0.1, 0.15) is 0 Å². The lowest BCUT2D eigenvalue weighted by Gasteiger charge is -2.46. The smallest absolute Gasteiger partial charge is 0.252 e. The second kappa shape index (κ2) is 10.9. The Morgan fingerprint density at radius 1 is 0.451 bits per heavy atom. The van der Waals surface area contributed by atoms with Crippen molar-refractivity contribution < 1.29 is 4.74 Å². The van der Waals surface area contributed by atoms with Crippen LogP contribution < -0.4 is 35.8 Å². The summed E-state index contributed by atoms with van der Waals surface area (Å²) in [6, 6.07) is 60.4. The molecule has 11 rings (SSSR count). The maximum atomic E-state index is 7.19. The number of rotatable bonds is 3. The number of para-hydroxylation sites is 7. The Morgan fingerprint density at radius 2 is 1.04 bits per heavy atom. The van der Waals surface area contributed by atoms with Crippen LogP contribution in [0.15, 0.2) is 176 Å². The molecule has 3 aliphatic heterocycles. The molecule has 4 heterocycles. The summed E-state index contributed by atoms with van der Waals surface area (Å²) in [6.45, 7) is -0.0129. The number of hydrogen-bond acceptors (Lipinski definition) is 5. The Balaban J connectivity index is 1.32. The summed E-state index contributed by atoms with van der Waals surface area (Å²) in [7, 11) is 0. The van der Waals surface area contributed by atoms with Gasteiger partial charge in [0.15, 0.2) is 11.5 Å². The zero-order valence-corrected chi connectivity index (χ0v) is 27.5. The molecule has 0 fully saturated rings. The molecule has 8 aromatic rings. The molecule has 0 saturated carbocycles. The van der Waals surface area contributed by atoms with Crippen LogP contribution in [0, 0.1) is 0 Å². The van der Waals surface area contributed by atoms with E-state index in [4.69, 9.17) is 9.72 Å². The molecule has 238 valence electrons. The summed E-state index contributed by atoms with van der Waals surface area (Å²) in [5, 5.41) is 1.08. The van der Waals surface area contributed by atoms with Gasteiger partial charge >= 0.3 is 0 Å². The van der Waals surface area contributed by atoms with Crippen LogP contribution in [-0.2, 0) is 0 Å². The number of fused-ring (bicyclic) bond motifs is 8. The van der Waals surface area contributed by atoms with E-state index in [1.54, 1.807) is 0 Å². The first-order valence-electron chi connectivity index (χ1n) is 17.3. The van der Waals surface area contributed by atoms with Crippen molar-refractivity contribution in [3.63, 3.8) is 0 Å². The number of aromatic nitrogens is 1. The molecule has 0 saturated heterocycles. The van der Waals surface area contributed by atoms with Crippen LogP contribution in [-0.4, -0.2) is 11.7 Å². The van der Waals surface area contributed by atoms with Gasteiger partial charge in [-0.05, 0) is 83.1 Å². The van der Waals surface area contributed by atoms with Crippen LogP contribution >= 0.6 is 0 Å². The summed E-state index contributed by atoms with van der Waals surface area (Å²) in [4.78, 5) is 12.1. The minimum absolute atomic E-state index is 0.0129. The van der Waals surface area contributed by atoms with E-state index in [1.165, 1.54) is 22.1 Å². The third-order valence-corrected chi connectivity index (χ3v) is 10.4. The fourth-order valence-electron chi connectivity index (χ4n) is 8.39. The minimum Gasteiger partial charge on any atom is -0.451 e. The molecule has 7 aromatic carbocycles. The highest BCUT2D eigenvalue weighted by atomic mass is 16.5. The van der Waals surface area contributed by atoms with Gasteiger partial charge in [0.25, 0.3) is 6.71 Å². The van der Waals surface area contributed by atoms with Crippen LogP contribution in [0.5, 0.6) is 11.5 Å². The summed E-state index contributed by atoms with van der Waals surface area (Å²) < 4.78 is 7.19. The van der Waals surface area contributed by atoms with E-state index in [0.29, 0.717) is 0 Å². The molecule has 1 aromatic heterocycles. The van der Waals surface area contributed by atoms with Crippen molar-refractivity contribution in [1.82, 2.24) is 4.98 Å². The standard InChI is InChI=1S/C45H29BN4O/c1-3-17-31(18-4-1)48-35-23-9-7-21-33(35)46-34-22-8-10-24-36(34)49(32-19-5-2-6-20-32)44-42(46)39(48)29-40-45(44)51-41-27-12-11-25-37(41)50(40)38-26-13-15-30-16-14-28-47-43(30)38/h1-29H. The predicted molar refractivity (Wildman–Crippen MR) is 211 cm³/mol. The van der Waals surface area contributed by atoms with E-state index in [0.717, 1.165) is 67.9 Å². The predicted octanol–water partition coefficient (Wildman–Crippen LogP) is 9.89. The molecule has 3 aliphatic rings. The first-order chi connectivity index (χ1) is 25.3. The van der Waals surface area contributed by atoms with Gasteiger partial charge in [-0.2, -0.15) is 0 Å². The van der Waals surface area contributed by atoms with E-state index in [-0.39, 0.29) is 6.71 Å². The Kier molecular flexibility index (Phi) is 5.98. The summed E-state index contributed by atoms with van der Waals surface area (Å²) in [5.41, 5.74) is 14.3. The largest absolute Gasteiger partial charge is 0.451 e. The van der Waals surface area contributed by atoms with Crippen molar-refractivity contribution in [2.24, 2.45) is 0 Å².